The molecule has 0 aliphatic rings. The summed E-state index contributed by atoms with van der Waals surface area (Å²) in [6, 6.07) is 3.37. The first-order valence-electron chi connectivity index (χ1n) is 4.03. The van der Waals surface area contributed by atoms with Crippen molar-refractivity contribution in [3.8, 4) is 0 Å². The van der Waals surface area contributed by atoms with Gasteiger partial charge in [-0.2, -0.15) is 0 Å². The molecule has 1 rings (SSSR count). The second-order valence-corrected chi connectivity index (χ2v) is 5.32. The minimum atomic E-state index is -3.67. The van der Waals surface area contributed by atoms with Crippen molar-refractivity contribution < 1.29 is 17.9 Å². The first-order chi connectivity index (χ1) is 6.97. The van der Waals surface area contributed by atoms with E-state index in [-0.39, 0.29) is 22.5 Å². The summed E-state index contributed by atoms with van der Waals surface area (Å²) in [5.74, 6) is -0.531. The highest BCUT2D eigenvalue weighted by molar-refractivity contribution is 9.10. The van der Waals surface area contributed by atoms with Crippen LogP contribution in [-0.2, 0) is 10.0 Å². The van der Waals surface area contributed by atoms with Crippen LogP contribution in [0.25, 0.3) is 0 Å². The van der Waals surface area contributed by atoms with E-state index in [4.69, 9.17) is 5.11 Å². The molecule has 15 heavy (non-hydrogen) atoms. The third-order valence-electron chi connectivity index (χ3n) is 1.61. The molecule has 84 valence electrons. The molecule has 0 radical (unpaired) electrons. The van der Waals surface area contributed by atoms with Crippen molar-refractivity contribution in [1.82, 2.24) is 4.72 Å². The monoisotopic (exact) mass is 297 g/mol. The number of sulfonamides is 1. The number of nitrogens with one attached hydrogen (secondary N) is 1. The Morgan fingerprint density at radius 2 is 2.13 bits per heavy atom. The summed E-state index contributed by atoms with van der Waals surface area (Å²) >= 11 is 2.89. The molecule has 7 heteroatoms. The summed E-state index contributed by atoms with van der Waals surface area (Å²) in [7, 11) is -3.67. The molecule has 0 fully saturated rings. The number of hydrogen-bond acceptors (Lipinski definition) is 3. The Kier molecular flexibility index (Phi) is 4.21. The van der Waals surface area contributed by atoms with Gasteiger partial charge in [0.25, 0.3) is 0 Å². The minimum absolute atomic E-state index is 0.0516. The van der Waals surface area contributed by atoms with Crippen molar-refractivity contribution in [1.29, 1.82) is 0 Å². The molecular weight excluding hydrogens is 289 g/mol. The number of rotatable bonds is 4. The number of benzene rings is 1. The average Bonchev–Trinajstić information content (AvgIpc) is 2.19. The van der Waals surface area contributed by atoms with Crippen LogP contribution in [0.1, 0.15) is 0 Å². The van der Waals surface area contributed by atoms with Gasteiger partial charge in [0.2, 0.25) is 10.0 Å². The van der Waals surface area contributed by atoms with Gasteiger partial charge in [-0.1, -0.05) is 0 Å². The number of hydrogen-bond donors (Lipinski definition) is 2. The van der Waals surface area contributed by atoms with E-state index in [9.17, 15) is 12.8 Å². The second kappa shape index (κ2) is 5.02. The van der Waals surface area contributed by atoms with Crippen molar-refractivity contribution in [2.24, 2.45) is 0 Å². The van der Waals surface area contributed by atoms with E-state index in [1.807, 2.05) is 0 Å². The highest BCUT2D eigenvalue weighted by Crippen LogP contribution is 2.19. The molecule has 0 aliphatic heterocycles. The lowest BCUT2D eigenvalue weighted by atomic mass is 10.3. The van der Waals surface area contributed by atoms with E-state index in [0.717, 1.165) is 18.2 Å². The average molecular weight is 298 g/mol. The van der Waals surface area contributed by atoms with Crippen molar-refractivity contribution in [3.63, 3.8) is 0 Å². The first-order valence-corrected chi connectivity index (χ1v) is 6.30. The summed E-state index contributed by atoms with van der Waals surface area (Å²) in [4.78, 5) is -0.0516. The van der Waals surface area contributed by atoms with Crippen LogP contribution in [0.2, 0.25) is 0 Å². The topological polar surface area (TPSA) is 66.4 Å². The number of aliphatic hydroxyl groups is 1. The van der Waals surface area contributed by atoms with Gasteiger partial charge in [0.15, 0.2) is 0 Å². The van der Waals surface area contributed by atoms with Gasteiger partial charge in [0, 0.05) is 6.54 Å². The van der Waals surface area contributed by atoms with Gasteiger partial charge in [-0.3, -0.25) is 0 Å². The summed E-state index contributed by atoms with van der Waals surface area (Å²) in [5.41, 5.74) is 0. The fourth-order valence-electron chi connectivity index (χ4n) is 0.907. The largest absolute Gasteiger partial charge is 0.395 e. The molecule has 0 atom stereocenters. The predicted octanol–water partition coefficient (Wildman–Crippen LogP) is 0.859. The van der Waals surface area contributed by atoms with Crippen molar-refractivity contribution in [2.75, 3.05) is 13.2 Å². The smallest absolute Gasteiger partial charge is 0.240 e. The van der Waals surface area contributed by atoms with Crippen LogP contribution in [0.3, 0.4) is 0 Å². The van der Waals surface area contributed by atoms with Gasteiger partial charge in [-0.15, -0.1) is 0 Å². The van der Waals surface area contributed by atoms with Gasteiger partial charge >= 0.3 is 0 Å². The molecule has 0 heterocycles. The molecular formula is C8H9BrFNO3S. The molecule has 2 N–H and O–H groups in total. The zero-order chi connectivity index (χ0) is 11.5. The van der Waals surface area contributed by atoms with Gasteiger partial charge < -0.3 is 5.11 Å². The van der Waals surface area contributed by atoms with Gasteiger partial charge in [0.1, 0.15) is 5.82 Å². The number of halogens is 2. The summed E-state index contributed by atoms with van der Waals surface area (Å²) < 4.78 is 38.0. The standard InChI is InChI=1S/C8H9BrFNO3S/c9-7-5-6(1-2-8(7)10)15(13,14)11-3-4-12/h1-2,5,11-12H,3-4H2. The zero-order valence-corrected chi connectivity index (χ0v) is 9.98. The molecule has 0 saturated heterocycles. The molecule has 0 aromatic heterocycles. The maximum Gasteiger partial charge on any atom is 0.240 e. The van der Waals surface area contributed by atoms with Crippen LogP contribution in [-0.4, -0.2) is 26.7 Å². The Morgan fingerprint density at radius 1 is 1.47 bits per heavy atom. The molecule has 0 amide bonds. The minimum Gasteiger partial charge on any atom is -0.395 e. The van der Waals surface area contributed by atoms with E-state index in [1.54, 1.807) is 0 Å². The molecule has 0 bridgehead atoms. The normalized spacial score (nSPS) is 11.7. The van der Waals surface area contributed by atoms with Gasteiger partial charge in [-0.25, -0.2) is 17.5 Å². The lowest BCUT2D eigenvalue weighted by molar-refractivity contribution is 0.301. The summed E-state index contributed by atoms with van der Waals surface area (Å²) in [6.07, 6.45) is 0. The molecule has 0 spiro atoms. The maximum atomic E-state index is 12.8. The quantitative estimate of drug-likeness (QED) is 0.866. The van der Waals surface area contributed by atoms with Crippen LogP contribution in [0.4, 0.5) is 4.39 Å². The molecule has 1 aromatic carbocycles. The van der Waals surface area contributed by atoms with Gasteiger partial charge in [-0.05, 0) is 34.1 Å². The Balaban J connectivity index is 3.00. The zero-order valence-electron chi connectivity index (χ0n) is 7.57. The highest BCUT2D eigenvalue weighted by Gasteiger charge is 2.14. The Morgan fingerprint density at radius 3 is 2.67 bits per heavy atom. The van der Waals surface area contributed by atoms with Crippen LogP contribution in [0.15, 0.2) is 27.6 Å². The third kappa shape index (κ3) is 3.23. The fourth-order valence-corrected chi connectivity index (χ4v) is 2.48. The van der Waals surface area contributed by atoms with E-state index >= 15 is 0 Å². The first kappa shape index (κ1) is 12.6. The lowest BCUT2D eigenvalue weighted by Gasteiger charge is -2.05. The van der Waals surface area contributed by atoms with E-state index < -0.39 is 15.8 Å². The molecule has 0 unspecified atom stereocenters. The summed E-state index contributed by atoms with van der Waals surface area (Å²) in [6.45, 7) is -0.362. The Hall–Kier alpha value is -0.500. The molecule has 0 saturated carbocycles. The van der Waals surface area contributed by atoms with Crippen LogP contribution in [0, 0.1) is 5.82 Å². The Labute approximate surface area is 95.3 Å². The summed E-state index contributed by atoms with van der Waals surface area (Å²) in [5, 5.41) is 8.48. The SMILES string of the molecule is O=S(=O)(NCCO)c1ccc(F)c(Br)c1. The predicted molar refractivity (Wildman–Crippen MR) is 56.4 cm³/mol. The van der Waals surface area contributed by atoms with Crippen LogP contribution >= 0.6 is 15.9 Å². The Bertz CT molecular complexity index is 449. The van der Waals surface area contributed by atoms with Crippen molar-refractivity contribution in [2.45, 2.75) is 4.90 Å². The van der Waals surface area contributed by atoms with Crippen molar-refractivity contribution in [3.05, 3.63) is 28.5 Å². The van der Waals surface area contributed by atoms with Gasteiger partial charge in [0.05, 0.1) is 16.0 Å². The highest BCUT2D eigenvalue weighted by atomic mass is 79.9. The van der Waals surface area contributed by atoms with Crippen LogP contribution in [0.5, 0.6) is 0 Å². The van der Waals surface area contributed by atoms with E-state index in [1.165, 1.54) is 0 Å². The maximum absolute atomic E-state index is 12.8. The van der Waals surface area contributed by atoms with E-state index in [0.29, 0.717) is 0 Å². The number of aliphatic hydroxyl groups excluding tert-OH is 1. The third-order valence-corrected chi connectivity index (χ3v) is 3.67. The van der Waals surface area contributed by atoms with E-state index in [2.05, 4.69) is 20.7 Å². The second-order valence-electron chi connectivity index (χ2n) is 2.70. The molecule has 4 nitrogen and oxygen atoms in total. The van der Waals surface area contributed by atoms with Crippen LogP contribution < -0.4 is 4.72 Å². The van der Waals surface area contributed by atoms with Crippen molar-refractivity contribution >= 4 is 26.0 Å². The molecule has 1 aromatic rings. The fraction of sp³-hybridized carbons (Fsp3) is 0.250. The lowest BCUT2D eigenvalue weighted by Crippen LogP contribution is -2.26. The molecule has 0 aliphatic carbocycles.